The van der Waals surface area contributed by atoms with Crippen LogP contribution in [0.15, 0.2) is 16.8 Å². The third kappa shape index (κ3) is 3.00. The molecule has 78 valence electrons. The lowest BCUT2D eigenvalue weighted by Gasteiger charge is -2.09. The predicted molar refractivity (Wildman–Crippen MR) is 61.0 cm³/mol. The van der Waals surface area contributed by atoms with Crippen molar-refractivity contribution in [3.05, 3.63) is 16.8 Å². The monoisotopic (exact) mass is 211 g/mol. The van der Waals surface area contributed by atoms with Gasteiger partial charge in [0.05, 0.1) is 6.10 Å². The van der Waals surface area contributed by atoms with Crippen LogP contribution in [-0.4, -0.2) is 19.3 Å². The molecule has 1 aliphatic heterocycles. The van der Waals surface area contributed by atoms with Crippen LogP contribution < -0.4 is 5.32 Å². The van der Waals surface area contributed by atoms with Crippen molar-refractivity contribution in [2.75, 3.05) is 18.5 Å². The molecule has 1 aromatic heterocycles. The minimum absolute atomic E-state index is 0.541. The average Bonchev–Trinajstić information content (AvgIpc) is 2.86. The van der Waals surface area contributed by atoms with Crippen molar-refractivity contribution in [2.45, 2.75) is 31.8 Å². The fraction of sp³-hybridized carbons (Fsp3) is 0.636. The molecule has 0 radical (unpaired) electrons. The van der Waals surface area contributed by atoms with E-state index in [1.807, 2.05) is 0 Å². The molecule has 1 unspecified atom stereocenters. The van der Waals surface area contributed by atoms with Crippen molar-refractivity contribution in [1.82, 2.24) is 0 Å². The van der Waals surface area contributed by atoms with Gasteiger partial charge in [0.25, 0.3) is 0 Å². The number of thiophene rings is 1. The number of ether oxygens (including phenoxy) is 1. The highest BCUT2D eigenvalue weighted by atomic mass is 32.1. The van der Waals surface area contributed by atoms with E-state index in [1.165, 1.54) is 31.4 Å². The lowest BCUT2D eigenvalue weighted by molar-refractivity contribution is 0.103. The molecule has 0 aliphatic carbocycles. The Morgan fingerprint density at radius 1 is 1.57 bits per heavy atom. The van der Waals surface area contributed by atoms with Gasteiger partial charge >= 0.3 is 0 Å². The Hall–Kier alpha value is -0.540. The number of hydrogen-bond donors (Lipinski definition) is 1. The molecular formula is C11H17NOS. The van der Waals surface area contributed by atoms with Crippen LogP contribution in [0.3, 0.4) is 0 Å². The lowest BCUT2D eigenvalue weighted by Crippen LogP contribution is -2.08. The number of hydrogen-bond acceptors (Lipinski definition) is 3. The highest BCUT2D eigenvalue weighted by Crippen LogP contribution is 2.17. The van der Waals surface area contributed by atoms with E-state index in [4.69, 9.17) is 4.74 Å². The van der Waals surface area contributed by atoms with Crippen molar-refractivity contribution < 1.29 is 4.74 Å². The summed E-state index contributed by atoms with van der Waals surface area (Å²) in [6.45, 7) is 2.04. The van der Waals surface area contributed by atoms with Gasteiger partial charge in [0.1, 0.15) is 0 Å². The zero-order valence-electron chi connectivity index (χ0n) is 8.37. The second-order valence-corrected chi connectivity index (χ2v) is 4.50. The summed E-state index contributed by atoms with van der Waals surface area (Å²) in [7, 11) is 0. The van der Waals surface area contributed by atoms with Crippen LogP contribution >= 0.6 is 11.3 Å². The molecule has 14 heavy (non-hydrogen) atoms. The standard InChI is InChI=1S/C11H17NOS/c1(3-11-4-2-7-13-11)6-12-10-5-8-14-9-10/h5,8-9,11-12H,1-4,6-7H2. The Kier molecular flexibility index (Phi) is 3.83. The Balaban J connectivity index is 1.55. The molecule has 0 saturated carbocycles. The van der Waals surface area contributed by atoms with Crippen LogP contribution in [-0.2, 0) is 4.74 Å². The summed E-state index contributed by atoms with van der Waals surface area (Å²) in [6.07, 6.45) is 5.47. The van der Waals surface area contributed by atoms with E-state index in [0.29, 0.717) is 6.10 Å². The van der Waals surface area contributed by atoms with Crippen LogP contribution in [0.5, 0.6) is 0 Å². The normalized spacial score (nSPS) is 21.3. The summed E-state index contributed by atoms with van der Waals surface area (Å²) in [5.74, 6) is 0. The first-order valence-electron chi connectivity index (χ1n) is 5.33. The maximum absolute atomic E-state index is 5.56. The molecule has 1 N–H and O–H groups in total. The highest BCUT2D eigenvalue weighted by molar-refractivity contribution is 7.08. The van der Waals surface area contributed by atoms with Gasteiger partial charge < -0.3 is 10.1 Å². The van der Waals surface area contributed by atoms with Crippen molar-refractivity contribution >= 4 is 17.0 Å². The molecule has 0 spiro atoms. The largest absolute Gasteiger partial charge is 0.384 e. The quantitative estimate of drug-likeness (QED) is 0.756. The first kappa shape index (κ1) is 9.99. The van der Waals surface area contributed by atoms with Gasteiger partial charge in [-0.05, 0) is 37.1 Å². The van der Waals surface area contributed by atoms with Gasteiger partial charge in [0, 0.05) is 24.2 Å². The molecule has 0 bridgehead atoms. The summed E-state index contributed by atoms with van der Waals surface area (Å²) in [5.41, 5.74) is 1.25. The van der Waals surface area contributed by atoms with Crippen molar-refractivity contribution in [2.24, 2.45) is 0 Å². The number of nitrogens with one attached hydrogen (secondary N) is 1. The van der Waals surface area contributed by atoms with Crippen molar-refractivity contribution in [3.63, 3.8) is 0 Å². The number of anilines is 1. The number of rotatable bonds is 5. The van der Waals surface area contributed by atoms with Crippen LogP contribution in [0.2, 0.25) is 0 Å². The van der Waals surface area contributed by atoms with E-state index in [-0.39, 0.29) is 0 Å². The molecule has 1 saturated heterocycles. The third-order valence-electron chi connectivity index (χ3n) is 2.58. The van der Waals surface area contributed by atoms with Gasteiger partial charge in [-0.2, -0.15) is 11.3 Å². The van der Waals surface area contributed by atoms with E-state index in [2.05, 4.69) is 22.1 Å². The molecular weight excluding hydrogens is 194 g/mol. The summed E-state index contributed by atoms with van der Waals surface area (Å²) >= 11 is 1.74. The molecule has 1 aromatic rings. The van der Waals surface area contributed by atoms with Gasteiger partial charge in [-0.3, -0.25) is 0 Å². The Bertz CT molecular complexity index is 242. The molecule has 0 amide bonds. The fourth-order valence-electron chi connectivity index (χ4n) is 1.80. The second-order valence-electron chi connectivity index (χ2n) is 3.72. The maximum Gasteiger partial charge on any atom is 0.0576 e. The van der Waals surface area contributed by atoms with Crippen molar-refractivity contribution in [3.8, 4) is 0 Å². The van der Waals surface area contributed by atoms with Crippen LogP contribution in [0.1, 0.15) is 25.7 Å². The van der Waals surface area contributed by atoms with Gasteiger partial charge in [-0.15, -0.1) is 0 Å². The van der Waals surface area contributed by atoms with E-state index >= 15 is 0 Å². The van der Waals surface area contributed by atoms with E-state index in [0.717, 1.165) is 13.2 Å². The van der Waals surface area contributed by atoms with E-state index in [1.54, 1.807) is 11.3 Å². The van der Waals surface area contributed by atoms with Gasteiger partial charge in [-0.25, -0.2) is 0 Å². The van der Waals surface area contributed by atoms with Crippen LogP contribution in [0, 0.1) is 0 Å². The Labute approximate surface area is 89.3 Å². The molecule has 2 nitrogen and oxygen atoms in total. The molecule has 2 rings (SSSR count). The molecule has 2 heterocycles. The van der Waals surface area contributed by atoms with Crippen molar-refractivity contribution in [1.29, 1.82) is 0 Å². The molecule has 1 atom stereocenters. The first-order chi connectivity index (χ1) is 6.95. The predicted octanol–water partition coefficient (Wildman–Crippen LogP) is 3.12. The molecule has 1 aliphatic rings. The second kappa shape index (κ2) is 5.37. The van der Waals surface area contributed by atoms with Gasteiger partial charge in [0.15, 0.2) is 0 Å². The molecule has 3 heteroatoms. The summed E-state index contributed by atoms with van der Waals surface area (Å²) in [5, 5.41) is 7.65. The van der Waals surface area contributed by atoms with Gasteiger partial charge in [0.2, 0.25) is 0 Å². The molecule has 1 fully saturated rings. The summed E-state index contributed by atoms with van der Waals surface area (Å²) in [4.78, 5) is 0. The SMILES string of the molecule is c1cc(NCCCC2CCCO2)cs1. The Morgan fingerprint density at radius 2 is 2.57 bits per heavy atom. The van der Waals surface area contributed by atoms with Gasteiger partial charge in [-0.1, -0.05) is 0 Å². The smallest absolute Gasteiger partial charge is 0.0576 e. The fourth-order valence-corrected chi connectivity index (χ4v) is 2.41. The van der Waals surface area contributed by atoms with Crippen LogP contribution in [0.25, 0.3) is 0 Å². The highest BCUT2D eigenvalue weighted by Gasteiger charge is 2.14. The Morgan fingerprint density at radius 3 is 3.29 bits per heavy atom. The topological polar surface area (TPSA) is 21.3 Å². The first-order valence-corrected chi connectivity index (χ1v) is 6.27. The minimum atomic E-state index is 0.541. The summed E-state index contributed by atoms with van der Waals surface area (Å²) < 4.78 is 5.56. The van der Waals surface area contributed by atoms with E-state index < -0.39 is 0 Å². The lowest BCUT2D eigenvalue weighted by atomic mass is 10.1. The minimum Gasteiger partial charge on any atom is -0.384 e. The van der Waals surface area contributed by atoms with Crippen LogP contribution in [0.4, 0.5) is 5.69 Å². The average molecular weight is 211 g/mol. The molecule has 0 aromatic carbocycles. The third-order valence-corrected chi connectivity index (χ3v) is 3.26. The zero-order chi connectivity index (χ0) is 9.64. The zero-order valence-corrected chi connectivity index (χ0v) is 9.19. The van der Waals surface area contributed by atoms with E-state index in [9.17, 15) is 0 Å². The summed E-state index contributed by atoms with van der Waals surface area (Å²) in [6, 6.07) is 2.12. The maximum atomic E-state index is 5.56.